The number of halogens is 2. The molecule has 0 spiro atoms. The van der Waals surface area contributed by atoms with Crippen LogP contribution in [0.4, 0.5) is 0 Å². The van der Waals surface area contributed by atoms with Gasteiger partial charge in [0.15, 0.2) is 0 Å². The summed E-state index contributed by atoms with van der Waals surface area (Å²) in [5.74, 6) is -0.251. The van der Waals surface area contributed by atoms with Gasteiger partial charge in [-0.1, -0.05) is 41.4 Å². The maximum absolute atomic E-state index is 11.6. The predicted molar refractivity (Wildman–Crippen MR) is 75.8 cm³/mol. The topological polar surface area (TPSA) is 41.5 Å². The van der Waals surface area contributed by atoms with Gasteiger partial charge in [0.1, 0.15) is 0 Å². The van der Waals surface area contributed by atoms with E-state index in [1.165, 1.54) is 17.6 Å². The molecule has 1 N–H and O–H groups in total. The number of nitrogens with zero attached hydrogens (tertiary/aromatic N) is 1. The summed E-state index contributed by atoms with van der Waals surface area (Å²) >= 11 is 13.2. The van der Waals surface area contributed by atoms with Crippen LogP contribution >= 0.6 is 34.5 Å². The molecule has 3 nitrogen and oxygen atoms in total. The summed E-state index contributed by atoms with van der Waals surface area (Å²) in [5.41, 5.74) is 3.07. The maximum atomic E-state index is 11.6. The molecule has 0 aliphatic heterocycles. The molecule has 0 unspecified atom stereocenters. The fourth-order valence-corrected chi connectivity index (χ4v) is 2.21. The van der Waals surface area contributed by atoms with E-state index in [4.69, 9.17) is 23.2 Å². The summed E-state index contributed by atoms with van der Waals surface area (Å²) in [6.45, 7) is 0. The molecular formula is C12H8Cl2N2OS. The van der Waals surface area contributed by atoms with Crippen LogP contribution in [0, 0.1) is 0 Å². The van der Waals surface area contributed by atoms with Crippen molar-refractivity contribution in [2.75, 3.05) is 0 Å². The molecule has 0 aliphatic rings. The van der Waals surface area contributed by atoms with Crippen LogP contribution in [0.2, 0.25) is 10.0 Å². The van der Waals surface area contributed by atoms with Crippen LogP contribution in [0.5, 0.6) is 0 Å². The lowest BCUT2D eigenvalue weighted by Crippen LogP contribution is -2.16. The zero-order valence-corrected chi connectivity index (χ0v) is 11.4. The Labute approximate surface area is 118 Å². The smallest absolute Gasteiger partial charge is 0.266 e. The van der Waals surface area contributed by atoms with Gasteiger partial charge in [0.05, 0.1) is 21.1 Å². The van der Waals surface area contributed by atoms with E-state index in [0.717, 1.165) is 0 Å². The Hall–Kier alpha value is -1.36. The summed E-state index contributed by atoms with van der Waals surface area (Å²) < 4.78 is 0. The van der Waals surface area contributed by atoms with E-state index in [0.29, 0.717) is 20.5 Å². The number of nitrogens with one attached hydrogen (secondary N) is 1. The van der Waals surface area contributed by atoms with Gasteiger partial charge in [0, 0.05) is 5.56 Å². The lowest BCUT2D eigenvalue weighted by molar-refractivity contribution is 0.0959. The molecular weight excluding hydrogens is 291 g/mol. The number of hydrazone groups is 1. The van der Waals surface area contributed by atoms with Crippen LogP contribution in [0.1, 0.15) is 15.2 Å². The summed E-state index contributed by atoms with van der Waals surface area (Å²) in [6.07, 6.45) is 1.46. The van der Waals surface area contributed by atoms with E-state index < -0.39 is 0 Å². The van der Waals surface area contributed by atoms with Crippen molar-refractivity contribution >= 4 is 46.7 Å². The third-order valence-electron chi connectivity index (χ3n) is 2.10. The van der Waals surface area contributed by atoms with Crippen LogP contribution < -0.4 is 5.43 Å². The summed E-state index contributed by atoms with van der Waals surface area (Å²) in [5, 5.41) is 6.52. The van der Waals surface area contributed by atoms with Crippen molar-refractivity contribution in [2.45, 2.75) is 0 Å². The molecule has 1 amide bonds. The Morgan fingerprint density at radius 3 is 2.83 bits per heavy atom. The molecule has 0 atom stereocenters. The highest BCUT2D eigenvalue weighted by Crippen LogP contribution is 2.24. The van der Waals surface area contributed by atoms with E-state index in [-0.39, 0.29) is 5.91 Å². The minimum absolute atomic E-state index is 0.251. The van der Waals surface area contributed by atoms with Crippen LogP contribution in [-0.4, -0.2) is 12.1 Å². The van der Waals surface area contributed by atoms with Crippen molar-refractivity contribution in [1.29, 1.82) is 0 Å². The Kier molecular flexibility index (Phi) is 4.36. The number of carbonyl (C=O) groups excluding carboxylic acids is 1. The fraction of sp³-hybridized carbons (Fsp3) is 0. The Bertz CT molecular complexity index is 582. The number of carbonyl (C=O) groups is 1. The minimum Gasteiger partial charge on any atom is -0.266 e. The zero-order chi connectivity index (χ0) is 13.0. The van der Waals surface area contributed by atoms with Crippen LogP contribution in [0.25, 0.3) is 0 Å². The molecule has 2 aromatic rings. The van der Waals surface area contributed by atoms with Gasteiger partial charge < -0.3 is 0 Å². The lowest BCUT2D eigenvalue weighted by Gasteiger charge is -1.99. The molecule has 0 saturated carbocycles. The van der Waals surface area contributed by atoms with Crippen molar-refractivity contribution in [2.24, 2.45) is 5.10 Å². The Balaban J connectivity index is 2.04. The van der Waals surface area contributed by atoms with Gasteiger partial charge in [0.2, 0.25) is 0 Å². The van der Waals surface area contributed by atoms with Crippen molar-refractivity contribution in [1.82, 2.24) is 5.43 Å². The number of hydrogen-bond acceptors (Lipinski definition) is 3. The van der Waals surface area contributed by atoms with Gasteiger partial charge in [-0.25, -0.2) is 5.43 Å². The lowest BCUT2D eigenvalue weighted by atomic mass is 10.2. The first-order valence-electron chi connectivity index (χ1n) is 4.99. The van der Waals surface area contributed by atoms with Crippen molar-refractivity contribution in [3.8, 4) is 0 Å². The number of hydrogen-bond donors (Lipinski definition) is 1. The van der Waals surface area contributed by atoms with Gasteiger partial charge in [0.25, 0.3) is 5.91 Å². The van der Waals surface area contributed by atoms with E-state index in [9.17, 15) is 4.79 Å². The maximum Gasteiger partial charge on any atom is 0.281 e. The van der Waals surface area contributed by atoms with Crippen molar-refractivity contribution < 1.29 is 4.79 Å². The quantitative estimate of drug-likeness (QED) is 0.679. The normalized spacial score (nSPS) is 10.8. The minimum atomic E-state index is -0.251. The molecule has 0 radical (unpaired) electrons. The standard InChI is InChI=1S/C12H8Cl2N2OS/c13-9-4-1-3-8(11(9)14)7-15-16-12(17)10-5-2-6-18-10/h1-7H,(H,16,17). The van der Waals surface area contributed by atoms with Gasteiger partial charge in [-0.2, -0.15) is 5.10 Å². The van der Waals surface area contributed by atoms with Crippen LogP contribution in [0.3, 0.4) is 0 Å². The van der Waals surface area contributed by atoms with Crippen molar-refractivity contribution in [3.05, 3.63) is 56.2 Å². The summed E-state index contributed by atoms with van der Waals surface area (Å²) in [4.78, 5) is 12.2. The average Bonchev–Trinajstić information content (AvgIpc) is 2.88. The van der Waals surface area contributed by atoms with Gasteiger partial charge in [-0.05, 0) is 17.5 Å². The van der Waals surface area contributed by atoms with Gasteiger partial charge in [-0.3, -0.25) is 4.79 Å². The first kappa shape index (κ1) is 13.1. The van der Waals surface area contributed by atoms with E-state index >= 15 is 0 Å². The molecule has 0 saturated heterocycles. The van der Waals surface area contributed by atoms with Gasteiger partial charge >= 0.3 is 0 Å². The van der Waals surface area contributed by atoms with E-state index in [1.807, 2.05) is 5.38 Å². The first-order valence-corrected chi connectivity index (χ1v) is 6.63. The SMILES string of the molecule is O=C(NN=Cc1cccc(Cl)c1Cl)c1cccs1. The number of benzene rings is 1. The average molecular weight is 299 g/mol. The number of rotatable bonds is 3. The highest BCUT2D eigenvalue weighted by atomic mass is 35.5. The Morgan fingerprint density at radius 1 is 1.28 bits per heavy atom. The molecule has 2 rings (SSSR count). The monoisotopic (exact) mass is 298 g/mol. The third-order valence-corrected chi connectivity index (χ3v) is 3.80. The number of thiophene rings is 1. The molecule has 1 aromatic heterocycles. The van der Waals surface area contributed by atoms with Crippen LogP contribution in [0.15, 0.2) is 40.8 Å². The summed E-state index contributed by atoms with van der Waals surface area (Å²) in [6, 6.07) is 8.73. The van der Waals surface area contributed by atoms with Gasteiger partial charge in [-0.15, -0.1) is 11.3 Å². The predicted octanol–water partition coefficient (Wildman–Crippen LogP) is 3.82. The highest BCUT2D eigenvalue weighted by Gasteiger charge is 2.04. The molecule has 1 aromatic carbocycles. The van der Waals surface area contributed by atoms with E-state index in [1.54, 1.807) is 30.3 Å². The zero-order valence-electron chi connectivity index (χ0n) is 9.06. The molecule has 92 valence electrons. The van der Waals surface area contributed by atoms with Crippen molar-refractivity contribution in [3.63, 3.8) is 0 Å². The number of amides is 1. The van der Waals surface area contributed by atoms with E-state index in [2.05, 4.69) is 10.5 Å². The molecule has 0 fully saturated rings. The second-order valence-electron chi connectivity index (χ2n) is 3.32. The second-order valence-corrected chi connectivity index (χ2v) is 5.05. The largest absolute Gasteiger partial charge is 0.281 e. The second kappa shape index (κ2) is 6.00. The summed E-state index contributed by atoms with van der Waals surface area (Å²) in [7, 11) is 0. The molecule has 6 heteroatoms. The third kappa shape index (κ3) is 3.10. The highest BCUT2D eigenvalue weighted by molar-refractivity contribution is 7.12. The molecule has 18 heavy (non-hydrogen) atoms. The molecule has 0 aliphatic carbocycles. The molecule has 0 bridgehead atoms. The first-order chi connectivity index (χ1) is 8.68. The van der Waals surface area contributed by atoms with Crippen LogP contribution in [-0.2, 0) is 0 Å². The Morgan fingerprint density at radius 2 is 2.11 bits per heavy atom. The fourth-order valence-electron chi connectivity index (χ4n) is 1.24. The molecule has 1 heterocycles.